The Morgan fingerprint density at radius 1 is 0.972 bits per heavy atom. The number of Topliss-reactive ketones (excluding diaryl/α,β-unsaturated/α-hetero) is 1. The number of hydrogen-bond donors (Lipinski definition) is 2. The van der Waals surface area contributed by atoms with E-state index in [0.717, 1.165) is 56.4 Å². The molecule has 0 amide bonds. The molecular weight excluding hydrogens is 446 g/mol. The van der Waals surface area contributed by atoms with Gasteiger partial charge in [0.05, 0.1) is 6.10 Å². The quantitative estimate of drug-likeness (QED) is 0.490. The molecule has 1 aliphatic carbocycles. The third kappa shape index (κ3) is 5.88. The predicted molar refractivity (Wildman–Crippen MR) is 146 cm³/mol. The highest BCUT2D eigenvalue weighted by Gasteiger charge is 2.45. The highest BCUT2D eigenvalue weighted by atomic mass is 16.3. The second-order valence-corrected chi connectivity index (χ2v) is 11.4. The van der Waals surface area contributed by atoms with Crippen LogP contribution < -0.4 is 0 Å². The number of carbonyl (C=O) groups is 1. The van der Waals surface area contributed by atoms with Gasteiger partial charge in [-0.2, -0.15) is 0 Å². The molecule has 0 spiro atoms. The summed E-state index contributed by atoms with van der Waals surface area (Å²) >= 11 is 0. The molecule has 2 N–H and O–H groups in total. The summed E-state index contributed by atoms with van der Waals surface area (Å²) in [5, 5.41) is 22.8. The molecule has 1 heterocycles. The van der Waals surface area contributed by atoms with Crippen LogP contribution in [0, 0.1) is 5.92 Å². The van der Waals surface area contributed by atoms with E-state index in [1.165, 1.54) is 5.56 Å². The zero-order chi connectivity index (χ0) is 25.8. The molecule has 0 aromatic heterocycles. The van der Waals surface area contributed by atoms with E-state index in [4.69, 9.17) is 0 Å². The summed E-state index contributed by atoms with van der Waals surface area (Å²) in [5.41, 5.74) is 2.44. The molecular formula is C32H41NO3. The van der Waals surface area contributed by atoms with Crippen molar-refractivity contribution in [3.63, 3.8) is 0 Å². The van der Waals surface area contributed by atoms with Crippen molar-refractivity contribution in [2.24, 2.45) is 5.92 Å². The van der Waals surface area contributed by atoms with E-state index in [2.05, 4.69) is 49.9 Å². The molecule has 0 radical (unpaired) electrons. The van der Waals surface area contributed by atoms with E-state index in [-0.39, 0.29) is 17.1 Å². The van der Waals surface area contributed by atoms with Crippen LogP contribution in [0.15, 0.2) is 78.4 Å². The van der Waals surface area contributed by atoms with Crippen LogP contribution >= 0.6 is 0 Å². The molecule has 2 aliphatic rings. The number of allylic oxidation sites excluding steroid dienone is 3. The minimum Gasteiger partial charge on any atom is -0.388 e. The first kappa shape index (κ1) is 26.5. The topological polar surface area (TPSA) is 60.8 Å². The van der Waals surface area contributed by atoms with Crippen LogP contribution in [0.25, 0.3) is 0 Å². The van der Waals surface area contributed by atoms with Gasteiger partial charge < -0.3 is 15.1 Å². The predicted octanol–water partition coefficient (Wildman–Crippen LogP) is 5.85. The van der Waals surface area contributed by atoms with Crippen LogP contribution in [-0.2, 0) is 15.8 Å². The van der Waals surface area contributed by atoms with Crippen molar-refractivity contribution >= 4 is 5.78 Å². The lowest BCUT2D eigenvalue weighted by atomic mass is 9.69. The SMILES string of the molecule is CC(C)(C)c1ccc(C(O)CCCN2CCC(C(O)(C3=CC=CCC3=O)c3ccccc3)CC2)cc1. The summed E-state index contributed by atoms with van der Waals surface area (Å²) in [5.74, 6) is 0.000532. The van der Waals surface area contributed by atoms with Gasteiger partial charge in [-0.1, -0.05) is 93.6 Å². The number of carbonyl (C=O) groups excluding carboxylic acids is 1. The summed E-state index contributed by atoms with van der Waals surface area (Å²) < 4.78 is 0. The van der Waals surface area contributed by atoms with Gasteiger partial charge in [0.2, 0.25) is 0 Å². The maximum atomic E-state index is 12.8. The maximum absolute atomic E-state index is 12.8. The van der Waals surface area contributed by atoms with Crippen LogP contribution in [0.1, 0.15) is 75.7 Å². The molecule has 0 saturated carbocycles. The first-order valence-electron chi connectivity index (χ1n) is 13.4. The lowest BCUT2D eigenvalue weighted by molar-refractivity contribution is -0.119. The molecule has 4 heteroatoms. The molecule has 36 heavy (non-hydrogen) atoms. The number of benzene rings is 2. The molecule has 192 valence electrons. The number of rotatable bonds is 8. The lowest BCUT2D eigenvalue weighted by Crippen LogP contribution is -2.46. The lowest BCUT2D eigenvalue weighted by Gasteiger charge is -2.43. The van der Waals surface area contributed by atoms with Crippen molar-refractivity contribution in [1.29, 1.82) is 0 Å². The summed E-state index contributed by atoms with van der Waals surface area (Å²) in [6.07, 6.45) is 8.77. The van der Waals surface area contributed by atoms with Crippen LogP contribution in [0.4, 0.5) is 0 Å². The molecule has 1 fully saturated rings. The van der Waals surface area contributed by atoms with Gasteiger partial charge in [-0.15, -0.1) is 0 Å². The van der Waals surface area contributed by atoms with Gasteiger partial charge in [0.15, 0.2) is 5.78 Å². The van der Waals surface area contributed by atoms with E-state index < -0.39 is 11.7 Å². The molecule has 0 bridgehead atoms. The van der Waals surface area contributed by atoms with Crippen LogP contribution in [-0.4, -0.2) is 40.5 Å². The second kappa shape index (κ2) is 11.2. The Morgan fingerprint density at radius 3 is 2.25 bits per heavy atom. The van der Waals surface area contributed by atoms with Crippen molar-refractivity contribution < 1.29 is 15.0 Å². The van der Waals surface area contributed by atoms with Gasteiger partial charge in [-0.05, 0) is 73.3 Å². The van der Waals surface area contributed by atoms with Crippen molar-refractivity contribution in [2.75, 3.05) is 19.6 Å². The van der Waals surface area contributed by atoms with Crippen LogP contribution in [0.2, 0.25) is 0 Å². The summed E-state index contributed by atoms with van der Waals surface area (Å²) in [6, 6.07) is 18.0. The number of aliphatic hydroxyl groups is 2. The minimum absolute atomic E-state index is 0.00947. The number of hydrogen-bond acceptors (Lipinski definition) is 4. The van der Waals surface area contributed by atoms with Gasteiger partial charge in [-0.25, -0.2) is 0 Å². The Morgan fingerprint density at radius 2 is 1.64 bits per heavy atom. The van der Waals surface area contributed by atoms with Crippen LogP contribution in [0.5, 0.6) is 0 Å². The fourth-order valence-electron chi connectivity index (χ4n) is 5.64. The van der Waals surface area contributed by atoms with E-state index in [1.54, 1.807) is 6.08 Å². The monoisotopic (exact) mass is 487 g/mol. The first-order valence-corrected chi connectivity index (χ1v) is 13.4. The van der Waals surface area contributed by atoms with Crippen molar-refractivity contribution in [3.8, 4) is 0 Å². The Kier molecular flexibility index (Phi) is 8.29. The average Bonchev–Trinajstić information content (AvgIpc) is 2.89. The highest BCUT2D eigenvalue weighted by molar-refractivity contribution is 5.99. The third-order valence-corrected chi connectivity index (χ3v) is 7.92. The number of piperidine rings is 1. The Hall–Kier alpha value is -2.53. The molecule has 2 unspecified atom stereocenters. The van der Waals surface area contributed by atoms with Crippen molar-refractivity contribution in [3.05, 3.63) is 95.1 Å². The van der Waals surface area contributed by atoms with Crippen molar-refractivity contribution in [1.82, 2.24) is 4.90 Å². The van der Waals surface area contributed by atoms with Gasteiger partial charge in [0.1, 0.15) is 5.60 Å². The molecule has 1 saturated heterocycles. The van der Waals surface area contributed by atoms with Gasteiger partial charge in [0, 0.05) is 12.0 Å². The molecule has 1 aliphatic heterocycles. The van der Waals surface area contributed by atoms with E-state index >= 15 is 0 Å². The number of aliphatic hydroxyl groups excluding tert-OH is 1. The number of nitrogens with zero attached hydrogens (tertiary/aromatic N) is 1. The smallest absolute Gasteiger partial charge is 0.165 e. The van der Waals surface area contributed by atoms with Gasteiger partial charge >= 0.3 is 0 Å². The fourth-order valence-corrected chi connectivity index (χ4v) is 5.64. The highest BCUT2D eigenvalue weighted by Crippen LogP contribution is 2.43. The number of likely N-dealkylation sites (tertiary alicyclic amines) is 1. The summed E-state index contributed by atoms with van der Waals surface area (Å²) in [6.45, 7) is 9.29. The molecule has 2 aromatic rings. The first-order chi connectivity index (χ1) is 17.2. The minimum atomic E-state index is -1.26. The molecule has 4 rings (SSSR count). The summed E-state index contributed by atoms with van der Waals surface area (Å²) in [7, 11) is 0. The fraction of sp³-hybridized carbons (Fsp3) is 0.469. The van der Waals surface area contributed by atoms with E-state index in [1.807, 2.05) is 42.5 Å². The zero-order valence-electron chi connectivity index (χ0n) is 22.0. The summed E-state index contributed by atoms with van der Waals surface area (Å²) in [4.78, 5) is 15.2. The Labute approximate surface area is 216 Å². The maximum Gasteiger partial charge on any atom is 0.165 e. The van der Waals surface area contributed by atoms with E-state index in [0.29, 0.717) is 12.0 Å². The standard InChI is InChI=1S/C32H41NO3/c1-31(2,3)25-17-15-24(16-18-25)29(34)14-9-21-33-22-19-27(20-23-33)32(36,26-10-5-4-6-11-26)28-12-7-8-13-30(28)35/h4-8,10-12,15-18,27,29,34,36H,9,13-14,19-23H2,1-3H3. The number of ketones is 1. The molecule has 2 aromatic carbocycles. The average molecular weight is 488 g/mol. The molecule has 4 nitrogen and oxygen atoms in total. The van der Waals surface area contributed by atoms with Crippen LogP contribution in [0.3, 0.4) is 0 Å². The normalized spacial score (nSPS) is 20.1. The Bertz CT molecular complexity index is 1070. The van der Waals surface area contributed by atoms with Gasteiger partial charge in [-0.3, -0.25) is 4.79 Å². The van der Waals surface area contributed by atoms with Crippen molar-refractivity contribution in [2.45, 2.75) is 70.0 Å². The van der Waals surface area contributed by atoms with Gasteiger partial charge in [0.25, 0.3) is 0 Å². The largest absolute Gasteiger partial charge is 0.388 e. The molecule has 2 atom stereocenters. The second-order valence-electron chi connectivity index (χ2n) is 11.4. The van der Waals surface area contributed by atoms with E-state index in [9.17, 15) is 15.0 Å². The third-order valence-electron chi connectivity index (χ3n) is 7.92. The zero-order valence-corrected chi connectivity index (χ0v) is 22.0. The Balaban J connectivity index is 1.33.